The average molecular weight is 330 g/mol. The normalized spacial score (nSPS) is 17.5. The fraction of sp³-hybridized carbons (Fsp3) is 0.0714. The van der Waals surface area contributed by atoms with Gasteiger partial charge in [0.2, 0.25) is 6.23 Å². The number of carbonyl (C=O) groups is 2. The minimum absolute atomic E-state index is 0.0363. The zero-order valence-electron chi connectivity index (χ0n) is 11.9. The number of rotatable bonds is 4. The van der Waals surface area contributed by atoms with Gasteiger partial charge >= 0.3 is 6.03 Å². The zero-order valence-corrected chi connectivity index (χ0v) is 11.9. The fourth-order valence-electron chi connectivity index (χ4n) is 2.01. The van der Waals surface area contributed by atoms with Gasteiger partial charge in [0.25, 0.3) is 11.6 Å². The average Bonchev–Trinajstić information content (AvgIpc) is 3.12. The van der Waals surface area contributed by atoms with Gasteiger partial charge in [-0.2, -0.15) is 10.1 Å². The molecule has 0 aliphatic carbocycles. The van der Waals surface area contributed by atoms with Crippen LogP contribution in [0, 0.1) is 10.1 Å². The second kappa shape index (κ2) is 5.93. The Labute approximate surface area is 134 Å². The Morgan fingerprint density at radius 2 is 1.96 bits per heavy atom. The maximum Gasteiger partial charge on any atom is 0.347 e. The van der Waals surface area contributed by atoms with Crippen LogP contribution in [-0.2, 0) is 4.79 Å². The highest BCUT2D eigenvalue weighted by Gasteiger charge is 2.37. The van der Waals surface area contributed by atoms with E-state index in [0.29, 0.717) is 16.3 Å². The highest BCUT2D eigenvalue weighted by molar-refractivity contribution is 6.03. The number of furan rings is 1. The summed E-state index contributed by atoms with van der Waals surface area (Å²) < 4.78 is 5.48. The van der Waals surface area contributed by atoms with E-state index in [1.807, 2.05) is 5.32 Å². The maximum absolute atomic E-state index is 11.4. The van der Waals surface area contributed by atoms with Crippen molar-refractivity contribution in [3.8, 4) is 11.3 Å². The molecule has 3 amide bonds. The molecule has 2 N–H and O–H groups in total. The number of urea groups is 1. The predicted octanol–water partition coefficient (Wildman–Crippen LogP) is 1.06. The van der Waals surface area contributed by atoms with Crippen molar-refractivity contribution in [1.82, 2.24) is 10.3 Å². The maximum atomic E-state index is 11.4. The Morgan fingerprint density at radius 1 is 1.25 bits per heavy atom. The topological polar surface area (TPSA) is 138 Å². The molecular formula is C14H10N4O6. The first-order chi connectivity index (χ1) is 11.5. The molecule has 0 bridgehead atoms. The van der Waals surface area contributed by atoms with Gasteiger partial charge in [0.1, 0.15) is 11.5 Å². The Balaban J connectivity index is 1.76. The number of benzene rings is 1. The summed E-state index contributed by atoms with van der Waals surface area (Å²) in [6.07, 6.45) is -0.520. The van der Waals surface area contributed by atoms with Crippen molar-refractivity contribution < 1.29 is 24.0 Å². The molecule has 1 saturated heterocycles. The van der Waals surface area contributed by atoms with Crippen LogP contribution in [0.3, 0.4) is 0 Å². The molecule has 2 aromatic rings. The Bertz CT molecular complexity index is 841. The summed E-state index contributed by atoms with van der Waals surface area (Å²) in [6, 6.07) is 8.11. The molecule has 0 unspecified atom stereocenters. The molecule has 10 nitrogen and oxygen atoms in total. The van der Waals surface area contributed by atoms with E-state index in [1.54, 1.807) is 12.1 Å². The minimum Gasteiger partial charge on any atom is -0.455 e. The Kier molecular flexibility index (Phi) is 3.80. The molecule has 1 atom stereocenters. The number of hydrogen-bond donors (Lipinski definition) is 2. The van der Waals surface area contributed by atoms with E-state index in [-0.39, 0.29) is 11.4 Å². The van der Waals surface area contributed by atoms with Crippen molar-refractivity contribution in [1.29, 1.82) is 0 Å². The van der Waals surface area contributed by atoms with E-state index < -0.39 is 23.1 Å². The van der Waals surface area contributed by atoms with Crippen LogP contribution in [-0.4, -0.2) is 39.4 Å². The molecule has 10 heteroatoms. The van der Waals surface area contributed by atoms with Crippen LogP contribution in [0.25, 0.3) is 11.3 Å². The van der Waals surface area contributed by atoms with E-state index in [0.717, 1.165) is 6.21 Å². The Hall–Kier alpha value is -3.53. The molecule has 0 radical (unpaired) electrons. The van der Waals surface area contributed by atoms with Crippen LogP contribution in [0.15, 0.2) is 45.9 Å². The monoisotopic (exact) mass is 330 g/mol. The van der Waals surface area contributed by atoms with Crippen LogP contribution in [0.5, 0.6) is 0 Å². The lowest BCUT2D eigenvalue weighted by Gasteiger charge is -2.08. The highest BCUT2D eigenvalue weighted by Crippen LogP contribution is 2.24. The summed E-state index contributed by atoms with van der Waals surface area (Å²) >= 11 is 0. The van der Waals surface area contributed by atoms with Gasteiger partial charge in [-0.1, -0.05) is 0 Å². The van der Waals surface area contributed by atoms with Crippen molar-refractivity contribution >= 4 is 23.8 Å². The molecular weight excluding hydrogens is 320 g/mol. The van der Waals surface area contributed by atoms with Crippen LogP contribution >= 0.6 is 0 Å². The van der Waals surface area contributed by atoms with Gasteiger partial charge in [-0.25, -0.2) is 4.79 Å². The highest BCUT2D eigenvalue weighted by atomic mass is 16.6. The SMILES string of the molecule is O=C1NC(=O)N(/N=C\c2ccc(-c3ccc([N+](=O)[O-])cc3)o2)[C@H]1O. The second-order valence-electron chi connectivity index (χ2n) is 4.76. The number of nitrogens with zero attached hydrogens (tertiary/aromatic N) is 3. The fourth-order valence-corrected chi connectivity index (χ4v) is 2.01. The molecule has 122 valence electrons. The van der Waals surface area contributed by atoms with E-state index in [1.165, 1.54) is 24.3 Å². The van der Waals surface area contributed by atoms with Crippen molar-refractivity contribution in [3.05, 3.63) is 52.3 Å². The van der Waals surface area contributed by atoms with E-state index >= 15 is 0 Å². The molecule has 1 aliphatic heterocycles. The lowest BCUT2D eigenvalue weighted by molar-refractivity contribution is -0.384. The first kappa shape index (κ1) is 15.4. The van der Waals surface area contributed by atoms with Crippen LogP contribution in [0.1, 0.15) is 5.76 Å². The molecule has 1 aromatic carbocycles. The molecule has 3 rings (SSSR count). The van der Waals surface area contributed by atoms with Gasteiger partial charge in [0, 0.05) is 17.7 Å². The standard InChI is InChI=1S/C14H10N4O6/c19-12-13(20)17(14(21)16-12)15-7-10-5-6-11(24-10)8-1-3-9(4-2-8)18(22)23/h1-7,13,20H,(H,16,19,21)/b15-7-/t13-/m0/s1. The molecule has 1 aromatic heterocycles. The largest absolute Gasteiger partial charge is 0.455 e. The van der Waals surface area contributed by atoms with Gasteiger partial charge in [0.15, 0.2) is 0 Å². The molecule has 2 heterocycles. The van der Waals surface area contributed by atoms with Gasteiger partial charge < -0.3 is 9.52 Å². The first-order valence-electron chi connectivity index (χ1n) is 6.66. The van der Waals surface area contributed by atoms with Gasteiger partial charge in [0.05, 0.1) is 11.1 Å². The smallest absolute Gasteiger partial charge is 0.347 e. The minimum atomic E-state index is -1.68. The van der Waals surface area contributed by atoms with Gasteiger partial charge in [-0.15, -0.1) is 0 Å². The third-order valence-electron chi connectivity index (χ3n) is 3.20. The van der Waals surface area contributed by atoms with Crippen molar-refractivity contribution in [2.45, 2.75) is 6.23 Å². The number of non-ortho nitro benzene ring substituents is 1. The number of nitro groups is 1. The first-order valence-corrected chi connectivity index (χ1v) is 6.66. The van der Waals surface area contributed by atoms with Crippen LogP contribution in [0.2, 0.25) is 0 Å². The van der Waals surface area contributed by atoms with E-state index in [4.69, 9.17) is 4.42 Å². The summed E-state index contributed by atoms with van der Waals surface area (Å²) in [6.45, 7) is 0. The lowest BCUT2D eigenvalue weighted by atomic mass is 10.1. The van der Waals surface area contributed by atoms with Gasteiger partial charge in [-0.3, -0.25) is 20.2 Å². The number of carbonyl (C=O) groups excluding carboxylic acids is 2. The second-order valence-corrected chi connectivity index (χ2v) is 4.76. The van der Waals surface area contributed by atoms with E-state index in [9.17, 15) is 24.8 Å². The molecule has 24 heavy (non-hydrogen) atoms. The number of aliphatic hydroxyl groups is 1. The third kappa shape index (κ3) is 2.85. The number of imide groups is 1. The summed E-state index contributed by atoms with van der Waals surface area (Å²) in [4.78, 5) is 32.6. The van der Waals surface area contributed by atoms with Crippen LogP contribution in [0.4, 0.5) is 10.5 Å². The number of hydrogen-bond acceptors (Lipinski definition) is 7. The van der Waals surface area contributed by atoms with Crippen molar-refractivity contribution in [2.24, 2.45) is 5.10 Å². The number of hydrazone groups is 1. The van der Waals surface area contributed by atoms with Crippen molar-refractivity contribution in [3.63, 3.8) is 0 Å². The summed E-state index contributed by atoms with van der Waals surface area (Å²) in [5, 5.41) is 26.2. The van der Waals surface area contributed by atoms with E-state index in [2.05, 4.69) is 5.10 Å². The molecule has 1 aliphatic rings. The molecule has 0 saturated carbocycles. The predicted molar refractivity (Wildman–Crippen MR) is 79.8 cm³/mol. The summed E-state index contributed by atoms with van der Waals surface area (Å²) in [5.74, 6) is -0.153. The molecule has 1 fully saturated rings. The number of nitrogens with one attached hydrogen (secondary N) is 1. The Morgan fingerprint density at radius 3 is 2.54 bits per heavy atom. The third-order valence-corrected chi connectivity index (χ3v) is 3.20. The summed E-state index contributed by atoms with van der Waals surface area (Å²) in [7, 11) is 0. The quantitative estimate of drug-likeness (QED) is 0.372. The van der Waals surface area contributed by atoms with Gasteiger partial charge in [-0.05, 0) is 24.3 Å². The summed E-state index contributed by atoms with van der Waals surface area (Å²) in [5.41, 5.74) is 0.583. The number of amides is 3. The number of nitro benzene ring substituents is 1. The number of aliphatic hydroxyl groups excluding tert-OH is 1. The molecule has 0 spiro atoms. The zero-order chi connectivity index (χ0) is 17.3. The lowest BCUT2D eigenvalue weighted by Crippen LogP contribution is -2.30. The van der Waals surface area contributed by atoms with Crippen molar-refractivity contribution in [2.75, 3.05) is 0 Å². The van der Waals surface area contributed by atoms with Crippen LogP contribution < -0.4 is 5.32 Å².